The monoisotopic (exact) mass is 334 g/mol. The fourth-order valence-electron chi connectivity index (χ4n) is 0. The van der Waals surface area contributed by atoms with Gasteiger partial charge in [-0.05, 0) is 0 Å². The molecule has 0 bridgehead atoms. The van der Waals surface area contributed by atoms with Gasteiger partial charge in [0.15, 0.2) is 0 Å². The summed E-state index contributed by atoms with van der Waals surface area (Å²) in [6.07, 6.45) is 0. The average Bonchev–Trinajstić information content (AvgIpc) is 1.00. The van der Waals surface area contributed by atoms with Crippen LogP contribution < -0.4 is 0 Å². The van der Waals surface area contributed by atoms with Crippen LogP contribution in [0.3, 0.4) is 0 Å². The van der Waals surface area contributed by atoms with Crippen molar-refractivity contribution in [2.75, 3.05) is 0 Å². The van der Waals surface area contributed by atoms with Crippen molar-refractivity contribution in [3.8, 4) is 0 Å². The zero-order chi connectivity index (χ0) is 2.00. The van der Waals surface area contributed by atoms with E-state index in [4.69, 9.17) is 0 Å². The van der Waals surface area contributed by atoms with E-state index in [1.54, 1.807) is 0 Å². The average molecular weight is 333 g/mol. The van der Waals surface area contributed by atoms with Crippen LogP contribution in [0.25, 0.3) is 0 Å². The van der Waals surface area contributed by atoms with Crippen molar-refractivity contribution in [2.45, 2.75) is 0 Å². The molecule has 0 aromatic heterocycles. The van der Waals surface area contributed by atoms with E-state index >= 15 is 0 Å². The van der Waals surface area contributed by atoms with Crippen LogP contribution in [0.1, 0.15) is 0 Å². The summed E-state index contributed by atoms with van der Waals surface area (Å²) < 4.78 is 0. The topological polar surface area (TPSA) is 0 Å². The van der Waals surface area contributed by atoms with Gasteiger partial charge in [0.1, 0.15) is 0 Å². The summed E-state index contributed by atoms with van der Waals surface area (Å²) in [5.74, 6) is 0. The van der Waals surface area contributed by atoms with Crippen LogP contribution in [0, 0.1) is 0 Å². The van der Waals surface area contributed by atoms with Crippen LogP contribution in [0.4, 0.5) is 0 Å². The third kappa shape index (κ3) is 8.82. The van der Waals surface area contributed by atoms with Gasteiger partial charge in [0.25, 0.3) is 0 Å². The van der Waals surface area contributed by atoms with Crippen molar-refractivity contribution >= 4 is 53.2 Å². The Morgan fingerprint density at radius 3 is 1.25 bits per heavy atom. The molecular formula is H6FePSbSn. The van der Waals surface area contributed by atoms with E-state index in [1.165, 1.54) is 22.5 Å². The number of hydrogen-bond acceptors (Lipinski definition) is 0. The predicted molar refractivity (Wildman–Crippen MR) is 26.8 cm³/mol. The first kappa shape index (κ1) is 16.0. The molecule has 0 aliphatic heterocycles. The Bertz CT molecular complexity index is 8.00. The quantitative estimate of drug-likeness (QED) is 0.374. The minimum absolute atomic E-state index is 0. The van der Waals surface area contributed by atoms with Crippen LogP contribution in [0.15, 0.2) is 0 Å². The van der Waals surface area contributed by atoms with Crippen LogP contribution >= 0.6 is 6.81 Å². The first-order chi connectivity index (χ1) is 1.00. The van der Waals surface area contributed by atoms with Crippen molar-refractivity contribution < 1.29 is 17.1 Å². The third-order valence-corrected chi connectivity index (χ3v) is 0. The van der Waals surface area contributed by atoms with Gasteiger partial charge < -0.3 is 0 Å². The Labute approximate surface area is 69.3 Å². The molecule has 4 heavy (non-hydrogen) atoms. The van der Waals surface area contributed by atoms with Gasteiger partial charge in [-0.3, -0.25) is 0 Å². The van der Waals surface area contributed by atoms with Crippen LogP contribution in [0.5, 0.6) is 0 Å². The minimum atomic E-state index is 0. The summed E-state index contributed by atoms with van der Waals surface area (Å²) in [5, 5.41) is 0. The Balaban J connectivity index is -0.00000000500. The van der Waals surface area contributed by atoms with Gasteiger partial charge in [0.2, 0.25) is 0 Å². The predicted octanol–water partition coefficient (Wildman–Crippen LogP) is -1.51. The van der Waals surface area contributed by atoms with E-state index in [0.29, 0.717) is 0 Å². The van der Waals surface area contributed by atoms with Gasteiger partial charge in [-0.15, -0.1) is 0 Å². The van der Waals surface area contributed by atoms with Gasteiger partial charge in [-0.2, -0.15) is 0 Å². The molecule has 0 fully saturated rings. The Morgan fingerprint density at radius 2 is 1.25 bits per heavy atom. The third-order valence-electron chi connectivity index (χ3n) is 0. The molecule has 0 rings (SSSR count). The van der Waals surface area contributed by atoms with Gasteiger partial charge >= 0.3 is 53.2 Å². The van der Waals surface area contributed by atoms with E-state index in [2.05, 4.69) is 6.81 Å². The number of rotatable bonds is 0. The Hall–Kier alpha value is 2.57. The summed E-state index contributed by atoms with van der Waals surface area (Å²) in [4.78, 5) is 0. The Kier molecular flexibility index (Phi) is 70.5. The van der Waals surface area contributed by atoms with Gasteiger partial charge in [-0.1, -0.05) is 0 Å². The van der Waals surface area contributed by atoms with E-state index in [-0.39, 0.29) is 41.0 Å². The van der Waals surface area contributed by atoms with Crippen LogP contribution in [-0.2, 0) is 17.1 Å². The number of hydrogen-bond donors (Lipinski definition) is 0. The van der Waals surface area contributed by atoms with Crippen molar-refractivity contribution in [1.82, 2.24) is 0 Å². The van der Waals surface area contributed by atoms with Crippen molar-refractivity contribution in [2.24, 2.45) is 0 Å². The molecule has 4 heteroatoms. The molecular weight excluding hydrogens is 327 g/mol. The first-order valence-corrected chi connectivity index (χ1v) is 6.71. The molecule has 2 radical (unpaired) electrons. The Morgan fingerprint density at radius 1 is 1.25 bits per heavy atom. The molecule has 0 aromatic rings. The molecule has 28 valence electrons. The zero-order valence-electron chi connectivity index (χ0n) is 2.22. The van der Waals surface area contributed by atoms with Gasteiger partial charge in [0, 0.05) is 17.1 Å². The van der Waals surface area contributed by atoms with Crippen LogP contribution in [0.2, 0.25) is 0 Å². The van der Waals surface area contributed by atoms with Crippen molar-refractivity contribution in [1.29, 1.82) is 0 Å². The maximum absolute atomic E-state index is 2.55. The molecule has 0 heterocycles. The SMILES string of the molecule is [Fe].[PH2][SbH2].[SnH2]. The van der Waals surface area contributed by atoms with Gasteiger partial charge in [0.05, 0.1) is 0 Å². The molecule has 0 aromatic carbocycles. The summed E-state index contributed by atoms with van der Waals surface area (Å²) >= 11 is 1.27. The molecule has 0 aliphatic rings. The van der Waals surface area contributed by atoms with E-state index in [1.807, 2.05) is 0 Å². The summed E-state index contributed by atoms with van der Waals surface area (Å²) in [6, 6.07) is 0. The second-order valence-electron chi connectivity index (χ2n) is 0. The van der Waals surface area contributed by atoms with Gasteiger partial charge in [-0.25, -0.2) is 0 Å². The molecule has 0 saturated carbocycles. The molecule has 0 N–H and O–H groups in total. The van der Waals surface area contributed by atoms with E-state index < -0.39 is 0 Å². The first-order valence-electron chi connectivity index (χ1n) is 0.333. The molecule has 1 atom stereocenters. The molecule has 0 nitrogen and oxygen atoms in total. The fraction of sp³-hybridized carbons (Fsp3) is 0. The fourth-order valence-corrected chi connectivity index (χ4v) is 0. The maximum atomic E-state index is 2.55. The van der Waals surface area contributed by atoms with E-state index in [9.17, 15) is 0 Å². The molecule has 0 amide bonds. The van der Waals surface area contributed by atoms with Crippen molar-refractivity contribution in [3.05, 3.63) is 0 Å². The summed E-state index contributed by atoms with van der Waals surface area (Å²) in [7, 11) is 0. The standard InChI is InChI=1S/Fe.H2P.Sb.Sn.4H/h;1H2;;;;;;/q;-1;+1;;;;;. The molecule has 0 spiro atoms. The molecule has 0 aliphatic carbocycles. The molecule has 0 saturated heterocycles. The summed E-state index contributed by atoms with van der Waals surface area (Å²) in [6.45, 7) is 2.55. The normalized spacial score (nSPS) is 1.50. The molecule has 1 unspecified atom stereocenters. The van der Waals surface area contributed by atoms with Crippen LogP contribution in [-0.4, -0.2) is 46.4 Å². The van der Waals surface area contributed by atoms with Crippen molar-refractivity contribution in [3.63, 3.8) is 0 Å². The second-order valence-corrected chi connectivity index (χ2v) is 0. The second kappa shape index (κ2) is 17.6. The van der Waals surface area contributed by atoms with E-state index in [0.717, 1.165) is 0 Å². The zero-order valence-corrected chi connectivity index (χ0v) is 11.8. The summed E-state index contributed by atoms with van der Waals surface area (Å²) in [5.41, 5.74) is 0.